The van der Waals surface area contributed by atoms with Crippen LogP contribution in [0.4, 0.5) is 5.69 Å². The van der Waals surface area contributed by atoms with E-state index in [2.05, 4.69) is 15.7 Å². The van der Waals surface area contributed by atoms with Crippen molar-refractivity contribution < 1.29 is 9.59 Å². The molecule has 0 spiro atoms. The van der Waals surface area contributed by atoms with Crippen LogP contribution in [-0.2, 0) is 17.9 Å². The van der Waals surface area contributed by atoms with E-state index in [0.717, 1.165) is 18.4 Å². The highest BCUT2D eigenvalue weighted by Crippen LogP contribution is 2.11. The monoisotopic (exact) mass is 356 g/mol. The lowest BCUT2D eigenvalue weighted by Gasteiger charge is -2.09. The molecule has 138 valence electrons. The van der Waals surface area contributed by atoms with Crippen LogP contribution in [0.5, 0.6) is 0 Å². The quantitative estimate of drug-likeness (QED) is 0.759. The van der Waals surface area contributed by atoms with Gasteiger partial charge in [-0.15, -0.1) is 0 Å². The molecule has 0 unspecified atom stereocenters. The van der Waals surface area contributed by atoms with Crippen molar-refractivity contribution in [2.45, 2.75) is 46.2 Å². The number of aromatic nitrogens is 2. The zero-order chi connectivity index (χ0) is 18.9. The van der Waals surface area contributed by atoms with Crippen LogP contribution in [0.25, 0.3) is 0 Å². The van der Waals surface area contributed by atoms with Gasteiger partial charge in [-0.25, -0.2) is 4.68 Å². The molecule has 1 heterocycles. The van der Waals surface area contributed by atoms with Crippen molar-refractivity contribution in [3.8, 4) is 0 Å². The summed E-state index contributed by atoms with van der Waals surface area (Å²) in [5.41, 5.74) is 1.53. The lowest BCUT2D eigenvalue weighted by Crippen LogP contribution is -2.29. The molecule has 7 nitrogen and oxygen atoms in total. The Morgan fingerprint density at radius 1 is 1.12 bits per heavy atom. The Labute approximate surface area is 152 Å². The molecule has 2 rings (SSSR count). The van der Waals surface area contributed by atoms with Crippen molar-refractivity contribution in [2.24, 2.45) is 0 Å². The number of nitrogens with zero attached hydrogens (tertiary/aromatic N) is 2. The van der Waals surface area contributed by atoms with E-state index in [1.54, 1.807) is 6.07 Å². The maximum absolute atomic E-state index is 12.3. The van der Waals surface area contributed by atoms with E-state index >= 15 is 0 Å². The van der Waals surface area contributed by atoms with Gasteiger partial charge in [0.15, 0.2) is 0 Å². The fourth-order valence-corrected chi connectivity index (χ4v) is 2.42. The maximum atomic E-state index is 12.3. The van der Waals surface area contributed by atoms with Gasteiger partial charge in [0, 0.05) is 31.3 Å². The van der Waals surface area contributed by atoms with Crippen LogP contribution in [0, 0.1) is 0 Å². The topological polar surface area (TPSA) is 93.1 Å². The van der Waals surface area contributed by atoms with Gasteiger partial charge >= 0.3 is 0 Å². The molecule has 1 aromatic heterocycles. The Kier molecular flexibility index (Phi) is 7.08. The normalized spacial score (nSPS) is 10.4. The summed E-state index contributed by atoms with van der Waals surface area (Å²) in [6.45, 7) is 4.65. The van der Waals surface area contributed by atoms with E-state index in [9.17, 15) is 14.4 Å². The van der Waals surface area contributed by atoms with Gasteiger partial charge in [-0.2, -0.15) is 5.10 Å². The highest BCUT2D eigenvalue weighted by atomic mass is 16.2. The molecular formula is C19H24N4O3. The van der Waals surface area contributed by atoms with Crippen LogP contribution in [0.15, 0.2) is 41.2 Å². The molecular weight excluding hydrogens is 332 g/mol. The molecule has 0 aliphatic carbocycles. The summed E-state index contributed by atoms with van der Waals surface area (Å²) in [5.74, 6) is -0.383. The van der Waals surface area contributed by atoms with Crippen molar-refractivity contribution in [2.75, 3.05) is 5.32 Å². The Morgan fingerprint density at radius 2 is 1.92 bits per heavy atom. The first-order valence-corrected chi connectivity index (χ1v) is 8.78. The first-order valence-electron chi connectivity index (χ1n) is 8.78. The molecule has 0 bridgehead atoms. The van der Waals surface area contributed by atoms with E-state index in [4.69, 9.17) is 0 Å². The van der Waals surface area contributed by atoms with Gasteiger partial charge in [-0.3, -0.25) is 14.4 Å². The van der Waals surface area contributed by atoms with Crippen molar-refractivity contribution in [3.63, 3.8) is 0 Å². The molecule has 0 aliphatic rings. The number of carbonyl (C=O) groups excluding carboxylic acids is 2. The number of hydrogen-bond donors (Lipinski definition) is 2. The minimum absolute atomic E-state index is 0.0314. The molecule has 2 aromatic rings. The zero-order valence-corrected chi connectivity index (χ0v) is 15.1. The standard InChI is InChI=1S/C19H24N4O3/c1-3-6-17(24)21-15-8-5-7-14(12-15)13-20-19(26)16-9-10-18(25)23(22-16)11-4-2/h5,7-10,12H,3-4,6,11,13H2,1-2H3,(H,20,26)(H,21,24). The van der Waals surface area contributed by atoms with E-state index < -0.39 is 0 Å². The third-order valence-corrected chi connectivity index (χ3v) is 3.68. The van der Waals surface area contributed by atoms with Crippen LogP contribution in [0.3, 0.4) is 0 Å². The third kappa shape index (κ3) is 5.54. The van der Waals surface area contributed by atoms with E-state index in [0.29, 0.717) is 25.2 Å². The third-order valence-electron chi connectivity index (χ3n) is 3.68. The molecule has 1 aromatic carbocycles. The fraction of sp³-hybridized carbons (Fsp3) is 0.368. The summed E-state index contributed by atoms with van der Waals surface area (Å²) >= 11 is 0. The zero-order valence-electron chi connectivity index (χ0n) is 15.1. The maximum Gasteiger partial charge on any atom is 0.271 e. The van der Waals surface area contributed by atoms with Crippen LogP contribution in [-0.4, -0.2) is 21.6 Å². The van der Waals surface area contributed by atoms with Gasteiger partial charge in [0.2, 0.25) is 5.91 Å². The molecule has 7 heteroatoms. The minimum atomic E-state index is -0.352. The average Bonchev–Trinajstić information content (AvgIpc) is 2.62. The Bertz CT molecular complexity index is 830. The molecule has 0 fully saturated rings. The number of rotatable bonds is 8. The van der Waals surface area contributed by atoms with Gasteiger partial charge in [0.1, 0.15) is 5.69 Å². The number of hydrogen-bond acceptors (Lipinski definition) is 4. The first-order chi connectivity index (χ1) is 12.5. The minimum Gasteiger partial charge on any atom is -0.347 e. The van der Waals surface area contributed by atoms with Crippen molar-refractivity contribution in [1.29, 1.82) is 0 Å². The molecule has 0 radical (unpaired) electrons. The second-order valence-corrected chi connectivity index (χ2v) is 5.96. The molecule has 0 aliphatic heterocycles. The van der Waals surface area contributed by atoms with E-state index in [1.165, 1.54) is 16.8 Å². The van der Waals surface area contributed by atoms with E-state index in [1.807, 2.05) is 32.0 Å². The van der Waals surface area contributed by atoms with Crippen molar-refractivity contribution >= 4 is 17.5 Å². The predicted molar refractivity (Wildman–Crippen MR) is 99.9 cm³/mol. The molecule has 0 saturated heterocycles. The Balaban J connectivity index is 2.00. The van der Waals surface area contributed by atoms with Gasteiger partial charge in [-0.1, -0.05) is 26.0 Å². The lowest BCUT2D eigenvalue weighted by molar-refractivity contribution is -0.116. The number of anilines is 1. The smallest absolute Gasteiger partial charge is 0.271 e. The lowest BCUT2D eigenvalue weighted by atomic mass is 10.2. The van der Waals surface area contributed by atoms with Crippen LogP contribution >= 0.6 is 0 Å². The predicted octanol–water partition coefficient (Wildman–Crippen LogP) is 2.32. The summed E-state index contributed by atoms with van der Waals surface area (Å²) in [5, 5.41) is 9.70. The summed E-state index contributed by atoms with van der Waals surface area (Å²) in [6.07, 6.45) is 2.02. The van der Waals surface area contributed by atoms with Crippen LogP contribution < -0.4 is 16.2 Å². The molecule has 2 amide bonds. The van der Waals surface area contributed by atoms with Crippen molar-refractivity contribution in [1.82, 2.24) is 15.1 Å². The number of carbonyl (C=O) groups is 2. The van der Waals surface area contributed by atoms with Crippen LogP contribution in [0.1, 0.15) is 49.2 Å². The summed E-state index contributed by atoms with van der Waals surface area (Å²) in [4.78, 5) is 35.6. The second kappa shape index (κ2) is 9.50. The molecule has 0 saturated carbocycles. The largest absolute Gasteiger partial charge is 0.347 e. The van der Waals surface area contributed by atoms with Gasteiger partial charge in [0.25, 0.3) is 11.5 Å². The fourth-order valence-electron chi connectivity index (χ4n) is 2.42. The Morgan fingerprint density at radius 3 is 2.65 bits per heavy atom. The molecule has 0 atom stereocenters. The number of aryl methyl sites for hydroxylation is 1. The molecule has 26 heavy (non-hydrogen) atoms. The van der Waals surface area contributed by atoms with Gasteiger partial charge in [-0.05, 0) is 36.6 Å². The highest BCUT2D eigenvalue weighted by Gasteiger charge is 2.09. The van der Waals surface area contributed by atoms with Gasteiger partial charge < -0.3 is 10.6 Å². The second-order valence-electron chi connectivity index (χ2n) is 5.96. The van der Waals surface area contributed by atoms with Crippen molar-refractivity contribution in [3.05, 3.63) is 58.0 Å². The first kappa shape index (κ1) is 19.4. The molecule has 2 N–H and O–H groups in total. The number of amides is 2. The highest BCUT2D eigenvalue weighted by molar-refractivity contribution is 5.92. The SMILES string of the molecule is CCCC(=O)Nc1cccc(CNC(=O)c2ccc(=O)n(CCC)n2)c1. The van der Waals surface area contributed by atoms with E-state index in [-0.39, 0.29) is 23.1 Å². The summed E-state index contributed by atoms with van der Waals surface area (Å²) in [7, 11) is 0. The number of benzene rings is 1. The summed E-state index contributed by atoms with van der Waals surface area (Å²) < 4.78 is 1.29. The number of nitrogens with one attached hydrogen (secondary N) is 2. The average molecular weight is 356 g/mol. The van der Waals surface area contributed by atoms with Gasteiger partial charge in [0.05, 0.1) is 0 Å². The van der Waals surface area contributed by atoms with Crippen LogP contribution in [0.2, 0.25) is 0 Å². The summed E-state index contributed by atoms with van der Waals surface area (Å²) in [6, 6.07) is 10.1. The Hall–Kier alpha value is -2.96.